The van der Waals surface area contributed by atoms with E-state index in [4.69, 9.17) is 9.47 Å². The van der Waals surface area contributed by atoms with Crippen LogP contribution in [0.25, 0.3) is 31.9 Å². The van der Waals surface area contributed by atoms with Crippen molar-refractivity contribution >= 4 is 84.3 Å². The number of ether oxygens (including phenoxy) is 2. The van der Waals surface area contributed by atoms with Gasteiger partial charge in [0.2, 0.25) is 0 Å². The molecular weight excluding hydrogens is 707 g/mol. The largest absolute Gasteiger partial charge is 0.444 e. The van der Waals surface area contributed by atoms with Crippen LogP contribution in [-0.2, 0) is 11.2 Å². The number of benzene rings is 3. The van der Waals surface area contributed by atoms with Gasteiger partial charge in [-0.2, -0.15) is 0 Å². The number of carbonyl (C=O) groups is 4. The first-order chi connectivity index (χ1) is 25.8. The highest BCUT2D eigenvalue weighted by atomic mass is 32.1. The zero-order chi connectivity index (χ0) is 37.9. The molecule has 1 saturated heterocycles. The van der Waals surface area contributed by atoms with E-state index in [0.29, 0.717) is 54.6 Å². The van der Waals surface area contributed by atoms with Gasteiger partial charge in [0.05, 0.1) is 10.4 Å². The summed E-state index contributed by atoms with van der Waals surface area (Å²) in [5.41, 5.74) is 5.62. The Hall–Kier alpha value is -5.86. The average molecular weight is 748 g/mol. The summed E-state index contributed by atoms with van der Waals surface area (Å²) < 4.78 is 12.3. The van der Waals surface area contributed by atoms with Gasteiger partial charge >= 0.3 is 12.2 Å². The molecule has 278 valence electrons. The van der Waals surface area contributed by atoms with E-state index in [9.17, 15) is 19.2 Å². The van der Waals surface area contributed by atoms with Crippen LogP contribution in [0.5, 0.6) is 5.75 Å². The Morgan fingerprint density at radius 3 is 2.15 bits per heavy atom. The molecule has 8 rings (SSSR count). The molecule has 0 bridgehead atoms. The number of thiophene rings is 1. The summed E-state index contributed by atoms with van der Waals surface area (Å²) in [7, 11) is 2.04. The third-order valence-electron chi connectivity index (χ3n) is 9.78. The van der Waals surface area contributed by atoms with E-state index in [0.717, 1.165) is 61.8 Å². The molecule has 0 unspecified atom stereocenters. The van der Waals surface area contributed by atoms with Gasteiger partial charge in [0.15, 0.2) is 5.75 Å². The lowest BCUT2D eigenvalue weighted by Crippen LogP contribution is -2.48. The van der Waals surface area contributed by atoms with Gasteiger partial charge in [-0.25, -0.2) is 9.59 Å². The Morgan fingerprint density at radius 2 is 1.46 bits per heavy atom. The number of rotatable bonds is 5. The molecule has 2 aliphatic rings. The quantitative estimate of drug-likeness (QED) is 0.141. The van der Waals surface area contributed by atoms with Crippen molar-refractivity contribution in [2.45, 2.75) is 39.7 Å². The fourth-order valence-electron chi connectivity index (χ4n) is 7.10. The van der Waals surface area contributed by atoms with E-state index < -0.39 is 11.7 Å². The van der Waals surface area contributed by atoms with Gasteiger partial charge in [-0.05, 0) is 106 Å². The molecule has 4 N–H and O–H groups in total. The van der Waals surface area contributed by atoms with Crippen LogP contribution in [0.1, 0.15) is 52.9 Å². The first-order valence-corrected chi connectivity index (χ1v) is 18.8. The van der Waals surface area contributed by atoms with Crippen molar-refractivity contribution in [2.24, 2.45) is 0 Å². The van der Waals surface area contributed by atoms with Crippen molar-refractivity contribution in [1.82, 2.24) is 19.8 Å². The summed E-state index contributed by atoms with van der Waals surface area (Å²) in [5.74, 6) is -0.0695. The summed E-state index contributed by atoms with van der Waals surface area (Å²) in [4.78, 5) is 64.9. The number of carbonyl (C=O) groups excluding carboxylic acids is 4. The Kier molecular flexibility index (Phi) is 8.81. The van der Waals surface area contributed by atoms with Crippen molar-refractivity contribution in [1.29, 1.82) is 0 Å². The highest BCUT2D eigenvalue weighted by Gasteiger charge is 2.32. The normalized spacial score (nSPS) is 14.8. The molecule has 0 atom stereocenters. The summed E-state index contributed by atoms with van der Waals surface area (Å²) in [6.07, 6.45) is -0.252. The zero-order valence-corrected chi connectivity index (χ0v) is 31.5. The van der Waals surface area contributed by atoms with Crippen LogP contribution in [0.3, 0.4) is 0 Å². The molecule has 0 saturated carbocycles. The molecule has 0 aliphatic carbocycles. The second kappa shape index (κ2) is 13.5. The maximum atomic E-state index is 14.1. The lowest BCUT2D eigenvalue weighted by Gasteiger charge is -2.31. The van der Waals surface area contributed by atoms with E-state index in [-0.39, 0.29) is 17.9 Å². The van der Waals surface area contributed by atoms with Gasteiger partial charge in [0.1, 0.15) is 17.0 Å². The first-order valence-electron chi connectivity index (χ1n) is 17.9. The number of hydrogen-bond acceptors (Lipinski definition) is 8. The van der Waals surface area contributed by atoms with Gasteiger partial charge in [0, 0.05) is 77.4 Å². The van der Waals surface area contributed by atoms with E-state index in [1.54, 1.807) is 78.3 Å². The molecule has 6 aromatic rings. The minimum atomic E-state index is -0.626. The zero-order valence-electron chi connectivity index (χ0n) is 30.7. The van der Waals surface area contributed by atoms with Crippen molar-refractivity contribution in [3.63, 3.8) is 0 Å². The maximum absolute atomic E-state index is 14.1. The number of piperazine rings is 1. The predicted molar refractivity (Wildman–Crippen MR) is 211 cm³/mol. The highest BCUT2D eigenvalue weighted by molar-refractivity contribution is 7.17. The molecule has 54 heavy (non-hydrogen) atoms. The van der Waals surface area contributed by atoms with Gasteiger partial charge in [-0.15, -0.1) is 11.3 Å². The molecule has 5 heterocycles. The molecule has 14 heteroatoms. The average Bonchev–Trinajstić information content (AvgIpc) is 3.92. The van der Waals surface area contributed by atoms with E-state index in [1.165, 1.54) is 0 Å². The number of likely N-dealkylation sites (N-methyl/N-ethyl adjacent to an activating group) is 1. The smallest absolute Gasteiger partial charge is 0.415 e. The second-order valence-corrected chi connectivity index (χ2v) is 15.8. The van der Waals surface area contributed by atoms with Crippen LogP contribution in [-0.4, -0.2) is 89.1 Å². The van der Waals surface area contributed by atoms with Crippen LogP contribution in [0.4, 0.5) is 26.7 Å². The summed E-state index contributed by atoms with van der Waals surface area (Å²) in [6, 6.07) is 16.0. The lowest BCUT2D eigenvalue weighted by molar-refractivity contribution is 0.0635. The standard InChI is InChI=1S/C40H41N7O6S/c1-22-21-54-35-33(52-39(51)46-14-12-45(5)13-15-46)20-32-27(34(22)35)10-11-47(32)37(49)31-19-24-16-25(6-8-29(24)44-31)41-36(48)30-18-23-17-26(7-9-28(23)43-30)42-38(50)53-40(2,3)4/h6-9,16-21,43-44H,10-15H2,1-5H3,(H,41,48)(H,42,50). The fourth-order valence-corrected chi connectivity index (χ4v) is 8.13. The van der Waals surface area contributed by atoms with Crippen LogP contribution in [0, 0.1) is 6.92 Å². The molecule has 13 nitrogen and oxygen atoms in total. The van der Waals surface area contributed by atoms with Crippen molar-refractivity contribution in [2.75, 3.05) is 55.3 Å². The number of fused-ring (bicyclic) bond motifs is 5. The number of nitrogens with zero attached hydrogens (tertiary/aromatic N) is 3. The second-order valence-electron chi connectivity index (χ2n) is 14.9. The van der Waals surface area contributed by atoms with Gasteiger partial charge in [-0.3, -0.25) is 14.9 Å². The highest BCUT2D eigenvalue weighted by Crippen LogP contribution is 2.45. The topological polar surface area (TPSA) is 152 Å². The van der Waals surface area contributed by atoms with Crippen LogP contribution >= 0.6 is 11.3 Å². The van der Waals surface area contributed by atoms with Crippen molar-refractivity contribution in [3.8, 4) is 5.75 Å². The molecule has 3 aromatic heterocycles. The molecular formula is C40H41N7O6S. The molecule has 2 aliphatic heterocycles. The number of aromatic amines is 2. The predicted octanol–water partition coefficient (Wildman–Crippen LogP) is 7.72. The van der Waals surface area contributed by atoms with E-state index >= 15 is 0 Å². The molecule has 0 radical (unpaired) electrons. The Bertz CT molecular complexity index is 2480. The minimum Gasteiger partial charge on any atom is -0.444 e. The summed E-state index contributed by atoms with van der Waals surface area (Å²) >= 11 is 1.55. The Balaban J connectivity index is 0.991. The van der Waals surface area contributed by atoms with Gasteiger partial charge in [0.25, 0.3) is 11.8 Å². The third kappa shape index (κ3) is 6.85. The molecule has 0 spiro atoms. The number of anilines is 3. The van der Waals surface area contributed by atoms with Crippen molar-refractivity contribution < 1.29 is 28.7 Å². The maximum Gasteiger partial charge on any atom is 0.415 e. The van der Waals surface area contributed by atoms with Crippen LogP contribution in [0.2, 0.25) is 0 Å². The number of H-pyrrole nitrogens is 2. The number of amides is 4. The van der Waals surface area contributed by atoms with E-state index in [1.807, 2.05) is 32.2 Å². The third-order valence-corrected chi connectivity index (χ3v) is 10.9. The minimum absolute atomic E-state index is 0.197. The van der Waals surface area contributed by atoms with Gasteiger partial charge < -0.3 is 39.5 Å². The summed E-state index contributed by atoms with van der Waals surface area (Å²) in [6.45, 7) is 10.7. The molecule has 4 amide bonds. The number of aryl methyl sites for hydroxylation is 1. The van der Waals surface area contributed by atoms with Crippen LogP contribution in [0.15, 0.2) is 60.0 Å². The Morgan fingerprint density at radius 1 is 0.815 bits per heavy atom. The molecule has 1 fully saturated rings. The fraction of sp³-hybridized carbons (Fsp3) is 0.300. The SMILES string of the molecule is Cc1csc2c(OC(=O)N3CCN(C)CC3)cc3c(c12)CCN3C(=O)c1cc2cc(NC(=O)c3cc4cc(NC(=O)OC(C)(C)C)ccc4[nH]3)ccc2[nH]1. The summed E-state index contributed by atoms with van der Waals surface area (Å²) in [5, 5.41) is 10.3. The lowest BCUT2D eigenvalue weighted by atomic mass is 10.0. The van der Waals surface area contributed by atoms with Gasteiger partial charge in [-0.1, -0.05) is 0 Å². The van der Waals surface area contributed by atoms with Crippen LogP contribution < -0.4 is 20.3 Å². The monoisotopic (exact) mass is 747 g/mol. The number of aromatic nitrogens is 2. The number of hydrogen-bond donors (Lipinski definition) is 4. The molecule has 3 aromatic carbocycles. The Labute approximate surface area is 315 Å². The first kappa shape index (κ1) is 35.2. The van der Waals surface area contributed by atoms with Crippen molar-refractivity contribution in [3.05, 3.63) is 82.5 Å². The number of nitrogens with one attached hydrogen (secondary N) is 4. The van der Waals surface area contributed by atoms with E-state index in [2.05, 4.69) is 30.9 Å².